The van der Waals surface area contributed by atoms with Crippen LogP contribution in [0.4, 0.5) is 11.5 Å². The highest BCUT2D eigenvalue weighted by Gasteiger charge is 2.32. The maximum Gasteiger partial charge on any atom is 0.345 e. The molecule has 2 heterocycles. The van der Waals surface area contributed by atoms with Gasteiger partial charge in [-0.2, -0.15) is 0 Å². The molecule has 0 fully saturated rings. The number of rotatable bonds is 9. The molecule has 36 heavy (non-hydrogen) atoms. The van der Waals surface area contributed by atoms with Crippen LogP contribution in [0.5, 0.6) is 0 Å². The van der Waals surface area contributed by atoms with E-state index in [1.165, 1.54) is 18.2 Å². The quantitative estimate of drug-likeness (QED) is 0.221. The van der Waals surface area contributed by atoms with Crippen LogP contribution in [0, 0.1) is 0 Å². The largest absolute Gasteiger partial charge is 0.395 e. The molecule has 0 unspecified atom stereocenters. The molecular weight excluding hydrogens is 552 g/mol. The van der Waals surface area contributed by atoms with E-state index in [0.717, 1.165) is 12.1 Å². The minimum Gasteiger partial charge on any atom is -0.395 e. The lowest BCUT2D eigenvalue weighted by Crippen LogP contribution is -2.32. The van der Waals surface area contributed by atoms with Gasteiger partial charge < -0.3 is 20.2 Å². The number of aliphatic hydroxyl groups excluding tert-OH is 1. The Hall–Kier alpha value is -2.70. The van der Waals surface area contributed by atoms with Crippen molar-refractivity contribution in [3.63, 3.8) is 0 Å². The first-order valence-electron chi connectivity index (χ1n) is 10.3. The van der Waals surface area contributed by atoms with E-state index < -0.39 is 23.9 Å². The van der Waals surface area contributed by atoms with Crippen LogP contribution in [0.2, 0.25) is 10.0 Å². The van der Waals surface area contributed by atoms with E-state index >= 15 is 0 Å². The van der Waals surface area contributed by atoms with Gasteiger partial charge in [-0.25, -0.2) is 8.42 Å². The Labute approximate surface area is 216 Å². The zero-order valence-corrected chi connectivity index (χ0v) is 21.6. The first-order chi connectivity index (χ1) is 17.0. The summed E-state index contributed by atoms with van der Waals surface area (Å²) in [5.74, 6) is 0.978. The molecule has 0 aliphatic rings. The number of hydrogen-bond donors (Lipinski definition) is 4. The minimum absolute atomic E-state index is 0.0364. The molecule has 15 heteroatoms. The van der Waals surface area contributed by atoms with Gasteiger partial charge in [-0.05, 0) is 54.6 Å². The molecule has 0 bridgehead atoms. The lowest BCUT2D eigenvalue weighted by Gasteiger charge is -2.25. The molecule has 0 spiro atoms. The van der Waals surface area contributed by atoms with Crippen molar-refractivity contribution in [3.05, 3.63) is 70.8 Å². The van der Waals surface area contributed by atoms with Crippen LogP contribution in [-0.4, -0.2) is 57.5 Å². The molecule has 0 aliphatic carbocycles. The number of hydrogen-bond acceptors (Lipinski definition) is 7. The van der Waals surface area contributed by atoms with E-state index in [0.29, 0.717) is 33.4 Å². The maximum absolute atomic E-state index is 13.4. The predicted octanol–water partition coefficient (Wildman–Crippen LogP) is 3.46. The van der Waals surface area contributed by atoms with Gasteiger partial charge in [0.2, 0.25) is 0 Å². The van der Waals surface area contributed by atoms with Crippen LogP contribution in [0.25, 0.3) is 16.7 Å². The fourth-order valence-corrected chi connectivity index (χ4v) is 6.90. The number of aromatic nitrogens is 3. The van der Waals surface area contributed by atoms with E-state index in [4.69, 9.17) is 28.3 Å². The summed E-state index contributed by atoms with van der Waals surface area (Å²) in [6.07, 6.45) is 0.622. The Kier molecular flexibility index (Phi) is 7.58. The van der Waals surface area contributed by atoms with Gasteiger partial charge in [-0.3, -0.25) is 13.4 Å². The third-order valence-corrected chi connectivity index (χ3v) is 8.04. The van der Waals surface area contributed by atoms with Crippen LogP contribution in [-0.2, 0) is 14.6 Å². The van der Waals surface area contributed by atoms with E-state index in [1.807, 2.05) is 0 Å². The van der Waals surface area contributed by atoms with Crippen molar-refractivity contribution < 1.29 is 27.9 Å². The highest BCUT2D eigenvalue weighted by Crippen LogP contribution is 2.40. The van der Waals surface area contributed by atoms with Crippen LogP contribution >= 0.6 is 30.8 Å². The van der Waals surface area contributed by atoms with Crippen LogP contribution < -0.4 is 9.62 Å². The standard InChI is InChI=1S/C21H20Cl2N5O6PS/c22-15-10-16(23)12-18(11-15)36(33,34)28(13-35(30,31)32)17-1-2-19-14(9-17)5-7-27(19)21-4-3-20(25-26-21)24-6-8-29/h1-5,7,9-12,29H,6,8,13H2,(H,24,25)(H2,30,31,32). The van der Waals surface area contributed by atoms with E-state index in [2.05, 4.69) is 15.5 Å². The van der Waals surface area contributed by atoms with Crippen molar-refractivity contribution in [3.8, 4) is 5.82 Å². The molecule has 4 rings (SSSR count). The Morgan fingerprint density at radius 2 is 1.72 bits per heavy atom. The van der Waals surface area contributed by atoms with Gasteiger partial charge in [-0.15, -0.1) is 10.2 Å². The van der Waals surface area contributed by atoms with Crippen molar-refractivity contribution in [1.82, 2.24) is 14.8 Å². The van der Waals surface area contributed by atoms with Crippen LogP contribution in [0.15, 0.2) is 65.7 Å². The zero-order chi connectivity index (χ0) is 26.1. The molecule has 0 radical (unpaired) electrons. The minimum atomic E-state index is -4.81. The Balaban J connectivity index is 1.75. The van der Waals surface area contributed by atoms with Crippen molar-refractivity contribution in [2.24, 2.45) is 0 Å². The van der Waals surface area contributed by atoms with Crippen molar-refractivity contribution in [2.75, 3.05) is 29.1 Å². The second-order valence-electron chi connectivity index (χ2n) is 7.62. The summed E-state index contributed by atoms with van der Waals surface area (Å²) in [6.45, 7) is 0.284. The molecule has 0 atom stereocenters. The fraction of sp³-hybridized carbons (Fsp3) is 0.143. The Morgan fingerprint density at radius 3 is 2.33 bits per heavy atom. The van der Waals surface area contributed by atoms with Crippen molar-refractivity contribution in [2.45, 2.75) is 4.90 Å². The highest BCUT2D eigenvalue weighted by molar-refractivity contribution is 7.93. The average Bonchev–Trinajstić information content (AvgIpc) is 3.23. The summed E-state index contributed by atoms with van der Waals surface area (Å²) >= 11 is 11.9. The second-order valence-corrected chi connectivity index (χ2v) is 12.0. The van der Waals surface area contributed by atoms with Gasteiger partial charge >= 0.3 is 7.60 Å². The SMILES string of the molecule is O=P(O)(O)CN(c1ccc2c(ccn2-c2ccc(NCCO)nn2)c1)S(=O)(=O)c1cc(Cl)cc(Cl)c1. The number of nitrogens with zero attached hydrogens (tertiary/aromatic N) is 4. The predicted molar refractivity (Wildman–Crippen MR) is 137 cm³/mol. The second kappa shape index (κ2) is 10.3. The van der Waals surface area contributed by atoms with Gasteiger partial charge in [0.15, 0.2) is 5.82 Å². The van der Waals surface area contributed by atoms with E-state index in [-0.39, 0.29) is 27.2 Å². The molecule has 4 aromatic rings. The molecule has 190 valence electrons. The lowest BCUT2D eigenvalue weighted by molar-refractivity contribution is 0.311. The van der Waals surface area contributed by atoms with Crippen molar-refractivity contribution in [1.29, 1.82) is 0 Å². The fourth-order valence-electron chi connectivity index (χ4n) is 3.49. The average molecular weight is 572 g/mol. The summed E-state index contributed by atoms with van der Waals surface area (Å²) < 4.78 is 41.0. The molecular formula is C21H20Cl2N5O6PS. The molecule has 4 N–H and O–H groups in total. The Bertz CT molecular complexity index is 1540. The molecule has 0 aliphatic heterocycles. The zero-order valence-electron chi connectivity index (χ0n) is 18.4. The number of sulfonamides is 1. The molecule has 2 aromatic carbocycles. The van der Waals surface area contributed by atoms with Crippen molar-refractivity contribution >= 4 is 63.2 Å². The third-order valence-electron chi connectivity index (χ3n) is 5.01. The molecule has 0 amide bonds. The van der Waals surface area contributed by atoms with Gasteiger partial charge in [-0.1, -0.05) is 23.2 Å². The number of aliphatic hydroxyl groups is 1. The molecule has 11 nitrogen and oxygen atoms in total. The first-order valence-corrected chi connectivity index (χ1v) is 14.3. The number of fused-ring (bicyclic) bond motifs is 1. The van der Waals surface area contributed by atoms with Gasteiger partial charge in [0, 0.05) is 28.2 Å². The van der Waals surface area contributed by atoms with Crippen LogP contribution in [0.1, 0.15) is 0 Å². The third kappa shape index (κ3) is 5.81. The lowest BCUT2D eigenvalue weighted by atomic mass is 10.2. The summed E-state index contributed by atoms with van der Waals surface area (Å²) in [7, 11) is -9.25. The Morgan fingerprint density at radius 1 is 1.00 bits per heavy atom. The van der Waals surface area contributed by atoms with E-state index in [1.54, 1.807) is 35.0 Å². The van der Waals surface area contributed by atoms with Gasteiger partial charge in [0.1, 0.15) is 12.1 Å². The highest BCUT2D eigenvalue weighted by atomic mass is 35.5. The number of halogens is 2. The monoisotopic (exact) mass is 571 g/mol. The topological polar surface area (TPSA) is 158 Å². The number of anilines is 2. The molecule has 0 saturated carbocycles. The first kappa shape index (κ1) is 26.4. The van der Waals surface area contributed by atoms with Gasteiger partial charge in [0.05, 0.1) is 22.7 Å². The van der Waals surface area contributed by atoms with Gasteiger partial charge in [0.25, 0.3) is 10.0 Å². The smallest absolute Gasteiger partial charge is 0.345 e. The van der Waals surface area contributed by atoms with E-state index in [9.17, 15) is 22.8 Å². The molecule has 0 saturated heterocycles. The maximum atomic E-state index is 13.4. The normalized spacial score (nSPS) is 12.1. The summed E-state index contributed by atoms with van der Waals surface area (Å²) in [6, 6.07) is 13.3. The number of nitrogens with one attached hydrogen (secondary N) is 1. The number of benzene rings is 2. The summed E-state index contributed by atoms with van der Waals surface area (Å²) in [5.41, 5.74) is 0.692. The molecule has 2 aromatic heterocycles. The summed E-state index contributed by atoms with van der Waals surface area (Å²) in [4.78, 5) is 18.9. The van der Waals surface area contributed by atoms with Crippen LogP contribution in [0.3, 0.4) is 0 Å². The summed E-state index contributed by atoms with van der Waals surface area (Å²) in [5, 5.41) is 20.7.